The van der Waals surface area contributed by atoms with E-state index in [1.165, 1.54) is 5.56 Å². The fourth-order valence-corrected chi connectivity index (χ4v) is 10.5. The maximum atomic E-state index is 10.5. The van der Waals surface area contributed by atoms with Gasteiger partial charge in [-0.2, -0.15) is 10.5 Å². The number of hydrogen-bond acceptors (Lipinski definition) is 4. The number of rotatable bonds is 8. The monoisotopic (exact) mass is 852 g/mol. The topological polar surface area (TPSA) is 54.1 Å². The van der Waals surface area contributed by atoms with Crippen LogP contribution in [0.25, 0.3) is 44.5 Å². The van der Waals surface area contributed by atoms with Crippen molar-refractivity contribution >= 4 is 34.1 Å². The summed E-state index contributed by atoms with van der Waals surface area (Å²) < 4.78 is 0. The zero-order valence-electron chi connectivity index (χ0n) is 36.4. The largest absolute Gasteiger partial charge is 0.311 e. The molecular weight excluding hydrogens is 813 g/mol. The molecule has 0 amide bonds. The average Bonchev–Trinajstić information content (AvgIpc) is 3.86. The molecule has 2 aliphatic carbocycles. The van der Waals surface area contributed by atoms with Crippen LogP contribution in [-0.4, -0.2) is 0 Å². The van der Waals surface area contributed by atoms with Gasteiger partial charge in [0.05, 0.1) is 28.7 Å². The Morgan fingerprint density at radius 3 is 1.03 bits per heavy atom. The molecule has 312 valence electrons. The van der Waals surface area contributed by atoms with Gasteiger partial charge in [-0.3, -0.25) is 0 Å². The highest BCUT2D eigenvalue weighted by atomic mass is 15.1. The standard InChI is InChI=1S/C63H40N4/c64-41-43-21-24-45(25-22-43)47-28-35-57-58-36-32-54(67(51-17-9-3-10-18-51)52-19-11-4-12-20-52)40-62(58)63(61(57)38-47)59-37-44(42-65)23-33-55(59)56-34-29-48(39-60(56)63)46-26-30-53(31-27-46)66(49-13-5-1-6-14-49)50-15-7-2-8-16-50/h1-40H. The van der Waals surface area contributed by atoms with Crippen molar-refractivity contribution in [1.29, 1.82) is 10.5 Å². The summed E-state index contributed by atoms with van der Waals surface area (Å²) in [6.07, 6.45) is 0. The highest BCUT2D eigenvalue weighted by molar-refractivity contribution is 5.98. The van der Waals surface area contributed by atoms with E-state index < -0.39 is 5.41 Å². The first-order valence-corrected chi connectivity index (χ1v) is 22.5. The van der Waals surface area contributed by atoms with Gasteiger partial charge in [0.2, 0.25) is 0 Å². The summed E-state index contributed by atoms with van der Waals surface area (Å²) in [6, 6.07) is 90.4. The van der Waals surface area contributed by atoms with Crippen molar-refractivity contribution < 1.29 is 0 Å². The molecule has 0 heterocycles. The normalized spacial score (nSPS) is 13.7. The predicted octanol–water partition coefficient (Wildman–Crippen LogP) is 16.0. The lowest BCUT2D eigenvalue weighted by Gasteiger charge is -2.33. The third kappa shape index (κ3) is 6.43. The van der Waals surface area contributed by atoms with Gasteiger partial charge in [0, 0.05) is 34.1 Å². The number of anilines is 6. The number of hydrogen-bond donors (Lipinski definition) is 0. The van der Waals surface area contributed by atoms with E-state index in [1.54, 1.807) is 0 Å². The summed E-state index contributed by atoms with van der Waals surface area (Å²) in [6.45, 7) is 0. The Hall–Kier alpha value is -9.22. The minimum absolute atomic E-state index is 0.618. The van der Waals surface area contributed by atoms with Crippen molar-refractivity contribution in [3.05, 3.63) is 276 Å². The number of nitriles is 2. The minimum Gasteiger partial charge on any atom is -0.311 e. The summed E-state index contributed by atoms with van der Waals surface area (Å²) in [5.41, 5.74) is 20.3. The lowest BCUT2D eigenvalue weighted by molar-refractivity contribution is 0.794. The summed E-state index contributed by atoms with van der Waals surface area (Å²) in [5.74, 6) is 0. The molecule has 4 heteroatoms. The number of benzene rings is 10. The Morgan fingerprint density at radius 2 is 0.582 bits per heavy atom. The quantitative estimate of drug-likeness (QED) is 0.153. The molecular formula is C63H40N4. The zero-order valence-corrected chi connectivity index (χ0v) is 36.4. The fraction of sp³-hybridized carbons (Fsp3) is 0.0159. The fourth-order valence-electron chi connectivity index (χ4n) is 10.5. The molecule has 4 nitrogen and oxygen atoms in total. The molecule has 1 unspecified atom stereocenters. The van der Waals surface area contributed by atoms with Gasteiger partial charge < -0.3 is 9.80 Å². The van der Waals surface area contributed by atoms with Crippen LogP contribution < -0.4 is 9.80 Å². The van der Waals surface area contributed by atoms with E-state index in [9.17, 15) is 10.5 Å². The molecule has 2 aliphatic rings. The van der Waals surface area contributed by atoms with Gasteiger partial charge in [-0.15, -0.1) is 0 Å². The summed E-state index contributed by atoms with van der Waals surface area (Å²) in [4.78, 5) is 4.61. The molecule has 0 aromatic heterocycles. The van der Waals surface area contributed by atoms with Crippen LogP contribution in [0.4, 0.5) is 34.1 Å². The van der Waals surface area contributed by atoms with Gasteiger partial charge in [0.1, 0.15) is 0 Å². The molecule has 67 heavy (non-hydrogen) atoms. The van der Waals surface area contributed by atoms with Gasteiger partial charge in [0.25, 0.3) is 0 Å². The lowest BCUT2D eigenvalue weighted by Crippen LogP contribution is -2.26. The third-order valence-corrected chi connectivity index (χ3v) is 13.5. The van der Waals surface area contributed by atoms with Crippen LogP contribution in [0.3, 0.4) is 0 Å². The average molecular weight is 853 g/mol. The van der Waals surface area contributed by atoms with E-state index in [2.05, 4.69) is 222 Å². The Morgan fingerprint density at radius 1 is 0.269 bits per heavy atom. The summed E-state index contributed by atoms with van der Waals surface area (Å²) >= 11 is 0. The van der Waals surface area contributed by atoms with Crippen LogP contribution in [0.5, 0.6) is 0 Å². The second-order valence-electron chi connectivity index (χ2n) is 17.1. The van der Waals surface area contributed by atoms with E-state index in [0.29, 0.717) is 11.1 Å². The molecule has 0 fully saturated rings. The Labute approximate surface area is 390 Å². The SMILES string of the molecule is N#Cc1ccc(-c2ccc3c(c2)C2(c4cc(C#N)ccc4-c4ccc(-c5ccc(N(c6ccccc6)c6ccccc6)cc5)cc42)c2cc(N(c4ccccc4)c4ccccc4)ccc2-3)cc1. The van der Waals surface area contributed by atoms with Crippen molar-refractivity contribution in [1.82, 2.24) is 0 Å². The smallest absolute Gasteiger partial charge is 0.0991 e. The molecule has 1 atom stereocenters. The first-order valence-electron chi connectivity index (χ1n) is 22.5. The number of nitrogens with zero attached hydrogens (tertiary/aromatic N) is 4. The Bertz CT molecular complexity index is 3490. The highest BCUT2D eigenvalue weighted by Gasteiger charge is 2.52. The molecule has 0 saturated heterocycles. The Kier molecular flexibility index (Phi) is 9.46. The molecule has 0 saturated carbocycles. The highest BCUT2D eigenvalue weighted by Crippen LogP contribution is 2.64. The molecule has 0 N–H and O–H groups in total. The van der Waals surface area contributed by atoms with Crippen LogP contribution in [0.2, 0.25) is 0 Å². The van der Waals surface area contributed by atoms with Crippen LogP contribution in [0, 0.1) is 22.7 Å². The van der Waals surface area contributed by atoms with E-state index in [0.717, 1.165) is 95.3 Å². The molecule has 10 aromatic carbocycles. The van der Waals surface area contributed by atoms with Gasteiger partial charge in [0.15, 0.2) is 0 Å². The van der Waals surface area contributed by atoms with Gasteiger partial charge >= 0.3 is 0 Å². The maximum Gasteiger partial charge on any atom is 0.0991 e. The third-order valence-electron chi connectivity index (χ3n) is 13.5. The van der Waals surface area contributed by atoms with Crippen molar-refractivity contribution in [3.63, 3.8) is 0 Å². The van der Waals surface area contributed by atoms with Gasteiger partial charge in [-0.25, -0.2) is 0 Å². The predicted molar refractivity (Wildman–Crippen MR) is 272 cm³/mol. The van der Waals surface area contributed by atoms with E-state index in [1.807, 2.05) is 42.5 Å². The molecule has 12 rings (SSSR count). The van der Waals surface area contributed by atoms with E-state index in [4.69, 9.17) is 0 Å². The number of fused-ring (bicyclic) bond motifs is 10. The van der Waals surface area contributed by atoms with Crippen LogP contribution in [-0.2, 0) is 5.41 Å². The maximum absolute atomic E-state index is 10.5. The first kappa shape index (κ1) is 39.4. The van der Waals surface area contributed by atoms with Crippen LogP contribution >= 0.6 is 0 Å². The zero-order chi connectivity index (χ0) is 44.9. The summed E-state index contributed by atoms with van der Waals surface area (Å²) in [7, 11) is 0. The second-order valence-corrected chi connectivity index (χ2v) is 17.1. The van der Waals surface area contributed by atoms with Crippen molar-refractivity contribution in [3.8, 4) is 56.6 Å². The molecule has 0 bridgehead atoms. The van der Waals surface area contributed by atoms with Gasteiger partial charge in [-0.05, 0) is 176 Å². The van der Waals surface area contributed by atoms with E-state index in [-0.39, 0.29) is 0 Å². The second kappa shape index (κ2) is 16.1. The lowest BCUT2D eigenvalue weighted by atomic mass is 9.69. The molecule has 1 spiro atoms. The molecule has 10 aromatic rings. The Balaban J connectivity index is 1.09. The van der Waals surface area contributed by atoms with Crippen LogP contribution in [0.15, 0.2) is 243 Å². The van der Waals surface area contributed by atoms with Gasteiger partial charge in [-0.1, -0.05) is 133 Å². The minimum atomic E-state index is -0.785. The first-order chi connectivity index (χ1) is 33.1. The van der Waals surface area contributed by atoms with Crippen molar-refractivity contribution in [2.24, 2.45) is 0 Å². The van der Waals surface area contributed by atoms with E-state index >= 15 is 0 Å². The molecule has 0 radical (unpaired) electrons. The van der Waals surface area contributed by atoms with Crippen molar-refractivity contribution in [2.75, 3.05) is 9.80 Å². The number of para-hydroxylation sites is 4. The molecule has 0 aliphatic heterocycles. The van der Waals surface area contributed by atoms with Crippen LogP contribution in [0.1, 0.15) is 33.4 Å². The summed E-state index contributed by atoms with van der Waals surface area (Å²) in [5, 5.41) is 20.2. The van der Waals surface area contributed by atoms with Crippen molar-refractivity contribution in [2.45, 2.75) is 5.41 Å².